The summed E-state index contributed by atoms with van der Waals surface area (Å²) in [6, 6.07) is 10.8. The molecule has 2 unspecified atom stereocenters. The number of nitrogens with zero attached hydrogens (tertiary/aromatic N) is 1. The van der Waals surface area contributed by atoms with Gasteiger partial charge in [0.1, 0.15) is 6.61 Å². The lowest BCUT2D eigenvalue weighted by atomic mass is 9.78. The van der Waals surface area contributed by atoms with Crippen LogP contribution in [0.2, 0.25) is 25.7 Å². The molecule has 0 aromatic heterocycles. The molecule has 1 aromatic rings. The van der Waals surface area contributed by atoms with Crippen LogP contribution in [-0.4, -0.2) is 50.8 Å². The van der Waals surface area contributed by atoms with Crippen LogP contribution < -0.4 is 0 Å². The van der Waals surface area contributed by atoms with Crippen molar-refractivity contribution in [3.63, 3.8) is 0 Å². The second kappa shape index (κ2) is 9.89. The molecular weight excluding hydrogens is 382 g/mol. The average molecular weight is 418 g/mol. The van der Waals surface area contributed by atoms with E-state index in [-0.39, 0.29) is 24.5 Å². The quantitative estimate of drug-likeness (QED) is 0.408. The summed E-state index contributed by atoms with van der Waals surface area (Å²) in [5, 5.41) is 0. The van der Waals surface area contributed by atoms with Gasteiger partial charge in [0.15, 0.2) is 0 Å². The summed E-state index contributed by atoms with van der Waals surface area (Å²) in [5.74, 6) is 0.204. The molecule has 0 radical (unpaired) electrons. The first-order valence-corrected chi connectivity index (χ1v) is 14.7. The number of carbonyl (C=O) groups excluding carboxylic acids is 2. The van der Waals surface area contributed by atoms with Crippen molar-refractivity contribution in [3.8, 4) is 0 Å². The Labute approximate surface area is 175 Å². The first kappa shape index (κ1) is 22.0. The van der Waals surface area contributed by atoms with Crippen molar-refractivity contribution < 1.29 is 19.1 Å². The van der Waals surface area contributed by atoms with Crippen LogP contribution >= 0.6 is 0 Å². The lowest BCUT2D eigenvalue weighted by Gasteiger charge is -2.31. The fourth-order valence-electron chi connectivity index (χ4n) is 3.94. The lowest BCUT2D eigenvalue weighted by Crippen LogP contribution is -2.45. The highest BCUT2D eigenvalue weighted by atomic mass is 28.3. The SMILES string of the molecule is C[Si](C)(C)CCOCC(CC1CCC1)C(=O)N1C(=O)OCC1Cc1ccccc1. The number of rotatable bonds is 10. The van der Waals surface area contributed by atoms with E-state index in [1.807, 2.05) is 30.3 Å². The molecule has 1 saturated carbocycles. The van der Waals surface area contributed by atoms with E-state index in [0.717, 1.165) is 18.0 Å². The van der Waals surface area contributed by atoms with E-state index in [1.165, 1.54) is 24.2 Å². The van der Waals surface area contributed by atoms with Gasteiger partial charge in [-0.05, 0) is 30.4 Å². The Morgan fingerprint density at radius 1 is 1.24 bits per heavy atom. The smallest absolute Gasteiger partial charge is 0.416 e. The molecule has 5 nitrogen and oxygen atoms in total. The van der Waals surface area contributed by atoms with E-state index in [9.17, 15) is 9.59 Å². The van der Waals surface area contributed by atoms with Crippen molar-refractivity contribution in [2.45, 2.75) is 63.8 Å². The minimum atomic E-state index is -1.17. The molecule has 160 valence electrons. The predicted octanol–water partition coefficient (Wildman–Crippen LogP) is 4.74. The molecular formula is C23H35NO4Si. The van der Waals surface area contributed by atoms with Crippen molar-refractivity contribution >= 4 is 20.1 Å². The summed E-state index contributed by atoms with van der Waals surface area (Å²) in [4.78, 5) is 27.1. The van der Waals surface area contributed by atoms with Crippen molar-refractivity contribution in [3.05, 3.63) is 35.9 Å². The number of carbonyl (C=O) groups is 2. The Morgan fingerprint density at radius 3 is 2.59 bits per heavy atom. The molecule has 29 heavy (non-hydrogen) atoms. The van der Waals surface area contributed by atoms with E-state index in [0.29, 0.717) is 25.6 Å². The van der Waals surface area contributed by atoms with Gasteiger partial charge in [-0.2, -0.15) is 0 Å². The molecule has 2 amide bonds. The zero-order chi connectivity index (χ0) is 20.9. The van der Waals surface area contributed by atoms with Gasteiger partial charge in [-0.1, -0.05) is 69.2 Å². The molecule has 1 aliphatic heterocycles. The summed E-state index contributed by atoms with van der Waals surface area (Å²) in [6.07, 6.45) is 4.53. The van der Waals surface area contributed by atoms with Gasteiger partial charge >= 0.3 is 6.09 Å². The maximum Gasteiger partial charge on any atom is 0.416 e. The number of hydrogen-bond donors (Lipinski definition) is 0. The minimum Gasteiger partial charge on any atom is -0.447 e. The Kier molecular flexibility index (Phi) is 7.52. The van der Waals surface area contributed by atoms with E-state index >= 15 is 0 Å². The predicted molar refractivity (Wildman–Crippen MR) is 117 cm³/mol. The van der Waals surface area contributed by atoms with Gasteiger partial charge < -0.3 is 9.47 Å². The van der Waals surface area contributed by atoms with E-state index in [2.05, 4.69) is 19.6 Å². The van der Waals surface area contributed by atoms with Crippen molar-refractivity contribution in [2.75, 3.05) is 19.8 Å². The van der Waals surface area contributed by atoms with Crippen LogP contribution in [0.4, 0.5) is 4.79 Å². The molecule has 1 aliphatic carbocycles. The van der Waals surface area contributed by atoms with Gasteiger partial charge in [0.25, 0.3) is 0 Å². The van der Waals surface area contributed by atoms with Crippen LogP contribution in [-0.2, 0) is 20.7 Å². The van der Waals surface area contributed by atoms with Crippen LogP contribution in [0, 0.1) is 11.8 Å². The standard InChI is InChI=1S/C23H35NO4Si/c1-29(2,3)13-12-27-16-20(14-18-10-7-11-18)22(25)24-21(17-28-23(24)26)15-19-8-5-4-6-9-19/h4-6,8-9,18,20-21H,7,10-17H2,1-3H3. The van der Waals surface area contributed by atoms with Crippen molar-refractivity contribution in [1.29, 1.82) is 0 Å². The normalized spacial score (nSPS) is 21.0. The van der Waals surface area contributed by atoms with E-state index in [4.69, 9.17) is 9.47 Å². The Bertz CT molecular complexity index is 684. The first-order valence-electron chi connectivity index (χ1n) is 10.9. The van der Waals surface area contributed by atoms with Crippen LogP contribution in [0.3, 0.4) is 0 Å². The van der Waals surface area contributed by atoms with Gasteiger partial charge in [0.2, 0.25) is 5.91 Å². The zero-order valence-electron chi connectivity index (χ0n) is 18.1. The first-order chi connectivity index (χ1) is 13.8. The second-order valence-corrected chi connectivity index (χ2v) is 15.4. The van der Waals surface area contributed by atoms with Crippen LogP contribution in [0.15, 0.2) is 30.3 Å². The summed E-state index contributed by atoms with van der Waals surface area (Å²) in [6.45, 7) is 8.33. The van der Waals surface area contributed by atoms with Crippen LogP contribution in [0.5, 0.6) is 0 Å². The largest absolute Gasteiger partial charge is 0.447 e. The van der Waals surface area contributed by atoms with E-state index in [1.54, 1.807) is 0 Å². The molecule has 0 bridgehead atoms. The maximum absolute atomic E-state index is 13.4. The highest BCUT2D eigenvalue weighted by Crippen LogP contribution is 2.34. The molecule has 6 heteroatoms. The monoisotopic (exact) mass is 417 g/mol. The topological polar surface area (TPSA) is 55.8 Å². The molecule has 0 spiro atoms. The summed E-state index contributed by atoms with van der Waals surface area (Å²) >= 11 is 0. The fourth-order valence-corrected chi connectivity index (χ4v) is 4.70. The third-order valence-corrected chi connectivity index (χ3v) is 7.72. The number of amides is 2. The number of benzene rings is 1. The van der Waals surface area contributed by atoms with Crippen molar-refractivity contribution in [2.24, 2.45) is 11.8 Å². The van der Waals surface area contributed by atoms with Crippen LogP contribution in [0.25, 0.3) is 0 Å². The molecule has 2 fully saturated rings. The van der Waals surface area contributed by atoms with E-state index < -0.39 is 14.2 Å². The van der Waals surface area contributed by atoms with Crippen LogP contribution in [0.1, 0.15) is 31.2 Å². The molecule has 3 rings (SSSR count). The van der Waals surface area contributed by atoms with Gasteiger partial charge in [-0.25, -0.2) is 9.69 Å². The second-order valence-electron chi connectivity index (χ2n) is 9.74. The average Bonchev–Trinajstić information content (AvgIpc) is 2.99. The van der Waals surface area contributed by atoms with Gasteiger partial charge in [0.05, 0.1) is 18.6 Å². The number of imide groups is 1. The van der Waals surface area contributed by atoms with Gasteiger partial charge in [-0.3, -0.25) is 4.79 Å². The number of cyclic esters (lactones) is 1. The highest BCUT2D eigenvalue weighted by molar-refractivity contribution is 6.76. The van der Waals surface area contributed by atoms with Crippen molar-refractivity contribution in [1.82, 2.24) is 4.90 Å². The Hall–Kier alpha value is -1.66. The lowest BCUT2D eigenvalue weighted by molar-refractivity contribution is -0.136. The molecule has 1 saturated heterocycles. The minimum absolute atomic E-state index is 0.117. The Morgan fingerprint density at radius 2 is 1.97 bits per heavy atom. The van der Waals surface area contributed by atoms with Gasteiger partial charge in [0, 0.05) is 14.7 Å². The third-order valence-electron chi connectivity index (χ3n) is 6.02. The fraction of sp³-hybridized carbons (Fsp3) is 0.652. The zero-order valence-corrected chi connectivity index (χ0v) is 19.1. The van der Waals surface area contributed by atoms with Gasteiger partial charge in [-0.15, -0.1) is 0 Å². The Balaban J connectivity index is 1.64. The highest BCUT2D eigenvalue weighted by Gasteiger charge is 2.41. The summed E-state index contributed by atoms with van der Waals surface area (Å²) in [7, 11) is -1.17. The molecule has 2 aliphatic rings. The molecule has 0 N–H and O–H groups in total. The summed E-state index contributed by atoms with van der Waals surface area (Å²) in [5.41, 5.74) is 1.11. The molecule has 1 aromatic carbocycles. The maximum atomic E-state index is 13.4. The number of ether oxygens (including phenoxy) is 2. The third kappa shape index (κ3) is 6.41. The molecule has 2 atom stereocenters. The molecule has 1 heterocycles. The summed E-state index contributed by atoms with van der Waals surface area (Å²) < 4.78 is 11.2. The number of hydrogen-bond acceptors (Lipinski definition) is 4.